The van der Waals surface area contributed by atoms with Gasteiger partial charge in [0.15, 0.2) is 23.3 Å². The highest BCUT2D eigenvalue weighted by molar-refractivity contribution is 8.15. The summed E-state index contributed by atoms with van der Waals surface area (Å²) in [5.74, 6) is 0.434. The van der Waals surface area contributed by atoms with E-state index in [0.717, 1.165) is 17.3 Å². The number of rotatable bonds is 6. The fourth-order valence-corrected chi connectivity index (χ4v) is 3.64. The highest BCUT2D eigenvalue weighted by Gasteiger charge is 2.31. The lowest BCUT2D eigenvalue weighted by atomic mass is 10.1. The summed E-state index contributed by atoms with van der Waals surface area (Å²) in [4.78, 5) is 35.0. The van der Waals surface area contributed by atoms with Gasteiger partial charge in [0.05, 0.1) is 11.7 Å². The van der Waals surface area contributed by atoms with Crippen LogP contribution in [0.25, 0.3) is 0 Å². The maximum Gasteiger partial charge on any atom is 0.200 e. The fourth-order valence-electron chi connectivity index (χ4n) is 2.48. The molecule has 0 aliphatic carbocycles. The number of carbonyl (C=O) groups excluding carboxylic acids is 3. The van der Waals surface area contributed by atoms with Gasteiger partial charge in [0.25, 0.3) is 0 Å². The number of ketones is 2. The second-order valence-corrected chi connectivity index (χ2v) is 7.38. The highest BCUT2D eigenvalue weighted by Crippen LogP contribution is 2.28. The van der Waals surface area contributed by atoms with E-state index in [1.807, 2.05) is 12.1 Å². The van der Waals surface area contributed by atoms with Crippen molar-refractivity contribution in [2.24, 2.45) is 0 Å². The van der Waals surface area contributed by atoms with Gasteiger partial charge in [-0.25, -0.2) is 0 Å². The molecule has 128 valence electrons. The van der Waals surface area contributed by atoms with E-state index in [1.54, 1.807) is 36.4 Å². The van der Waals surface area contributed by atoms with Crippen molar-refractivity contribution in [3.8, 4) is 5.75 Å². The molecule has 3 rings (SSSR count). The summed E-state index contributed by atoms with van der Waals surface area (Å²) < 4.78 is 5.51. The molecule has 1 unspecified atom stereocenters. The molecule has 0 N–H and O–H groups in total. The number of halogens is 1. The molecule has 0 spiro atoms. The number of Topliss-reactive ketones (excluding diaryl/α,β-unsaturated/α-hetero) is 2. The Morgan fingerprint density at radius 3 is 2.36 bits per heavy atom. The quantitative estimate of drug-likeness (QED) is 0.569. The first-order chi connectivity index (χ1) is 12.0. The molecule has 1 saturated heterocycles. The lowest BCUT2D eigenvalue weighted by Crippen LogP contribution is -2.13. The second kappa shape index (κ2) is 7.85. The molecule has 0 amide bonds. The van der Waals surface area contributed by atoms with Gasteiger partial charge in [-0.3, -0.25) is 14.4 Å². The Bertz CT molecular complexity index is 799. The zero-order valence-electron chi connectivity index (χ0n) is 13.2. The van der Waals surface area contributed by atoms with Crippen LogP contribution in [0.1, 0.15) is 22.3 Å². The lowest BCUT2D eigenvalue weighted by molar-refractivity contribution is -0.121. The molecule has 25 heavy (non-hydrogen) atoms. The van der Waals surface area contributed by atoms with Crippen LogP contribution in [-0.4, -0.2) is 28.5 Å². The maximum absolute atomic E-state index is 12.1. The first kappa shape index (κ1) is 17.7. The van der Waals surface area contributed by atoms with Crippen LogP contribution in [0.5, 0.6) is 5.75 Å². The Morgan fingerprint density at radius 1 is 1.08 bits per heavy atom. The van der Waals surface area contributed by atoms with E-state index >= 15 is 0 Å². The van der Waals surface area contributed by atoms with Crippen molar-refractivity contribution in [3.63, 3.8) is 0 Å². The van der Waals surface area contributed by atoms with E-state index in [-0.39, 0.29) is 35.0 Å². The van der Waals surface area contributed by atoms with Crippen LogP contribution in [-0.2, 0) is 16.0 Å². The SMILES string of the molecule is O=C1CC(=O)C(Cc2ccc(OCC(=O)c3ccc(Cl)cc3)cc2)S1. The van der Waals surface area contributed by atoms with Gasteiger partial charge in [0.1, 0.15) is 5.75 Å². The largest absolute Gasteiger partial charge is 0.485 e. The Balaban J connectivity index is 1.54. The van der Waals surface area contributed by atoms with Crippen LogP contribution < -0.4 is 4.74 Å². The van der Waals surface area contributed by atoms with Crippen molar-refractivity contribution in [2.45, 2.75) is 18.1 Å². The summed E-state index contributed by atoms with van der Waals surface area (Å²) in [5.41, 5.74) is 1.50. The Hall–Kier alpha value is -2.11. The minimum absolute atomic E-state index is 0.0103. The summed E-state index contributed by atoms with van der Waals surface area (Å²) in [6.45, 7) is -0.0631. The first-order valence-electron chi connectivity index (χ1n) is 7.74. The minimum atomic E-state index is -0.286. The molecule has 0 bridgehead atoms. The summed E-state index contributed by atoms with van der Waals surface area (Å²) in [6, 6.07) is 13.9. The van der Waals surface area contributed by atoms with Gasteiger partial charge in [-0.05, 0) is 48.4 Å². The zero-order valence-corrected chi connectivity index (χ0v) is 14.8. The summed E-state index contributed by atoms with van der Waals surface area (Å²) >= 11 is 6.91. The number of carbonyl (C=O) groups is 3. The van der Waals surface area contributed by atoms with Crippen LogP contribution in [0.15, 0.2) is 48.5 Å². The van der Waals surface area contributed by atoms with Gasteiger partial charge in [-0.15, -0.1) is 0 Å². The number of thioether (sulfide) groups is 1. The van der Waals surface area contributed by atoms with Crippen LogP contribution >= 0.6 is 23.4 Å². The average Bonchev–Trinajstić information content (AvgIpc) is 2.92. The molecule has 1 atom stereocenters. The Labute approximate surface area is 154 Å². The van der Waals surface area contributed by atoms with Crippen molar-refractivity contribution in [3.05, 3.63) is 64.7 Å². The zero-order chi connectivity index (χ0) is 17.8. The van der Waals surface area contributed by atoms with Crippen LogP contribution in [0.4, 0.5) is 0 Å². The van der Waals surface area contributed by atoms with Crippen molar-refractivity contribution in [1.82, 2.24) is 0 Å². The monoisotopic (exact) mass is 374 g/mol. The average molecular weight is 375 g/mol. The van der Waals surface area contributed by atoms with E-state index in [1.165, 1.54) is 0 Å². The number of ether oxygens (including phenoxy) is 1. The van der Waals surface area contributed by atoms with E-state index in [9.17, 15) is 14.4 Å². The van der Waals surface area contributed by atoms with E-state index in [2.05, 4.69) is 0 Å². The molecule has 0 saturated carbocycles. The van der Waals surface area contributed by atoms with Gasteiger partial charge in [-0.2, -0.15) is 0 Å². The standard InChI is InChI=1S/C19H15ClO4S/c20-14-5-3-13(4-6-14)17(22)11-24-15-7-1-12(2-8-15)9-18-16(21)10-19(23)25-18/h1-8,18H,9-11H2. The molecule has 2 aromatic carbocycles. The molecule has 4 nitrogen and oxygen atoms in total. The molecule has 6 heteroatoms. The fraction of sp³-hybridized carbons (Fsp3) is 0.211. The predicted octanol–water partition coefficient (Wildman–Crippen LogP) is 3.75. The van der Waals surface area contributed by atoms with Gasteiger partial charge in [-0.1, -0.05) is 35.5 Å². The highest BCUT2D eigenvalue weighted by atomic mass is 35.5. The molecular formula is C19H15ClO4S. The van der Waals surface area contributed by atoms with Gasteiger partial charge in [0, 0.05) is 10.6 Å². The molecule has 1 heterocycles. The van der Waals surface area contributed by atoms with Crippen LogP contribution in [0, 0.1) is 0 Å². The molecule has 1 aliphatic heterocycles. The second-order valence-electron chi connectivity index (χ2n) is 5.69. The maximum atomic E-state index is 12.1. The minimum Gasteiger partial charge on any atom is -0.485 e. The third-order valence-corrected chi connectivity index (χ3v) is 5.21. The summed E-state index contributed by atoms with van der Waals surface area (Å²) in [7, 11) is 0. The molecule has 1 aliphatic rings. The van der Waals surface area contributed by atoms with Gasteiger partial charge < -0.3 is 4.74 Å². The topological polar surface area (TPSA) is 60.4 Å². The summed E-state index contributed by atoms with van der Waals surface area (Å²) in [6.07, 6.45) is 0.558. The normalized spacial score (nSPS) is 16.9. The van der Waals surface area contributed by atoms with Gasteiger partial charge >= 0.3 is 0 Å². The molecular weight excluding hydrogens is 360 g/mol. The van der Waals surface area contributed by atoms with Crippen LogP contribution in [0.3, 0.4) is 0 Å². The van der Waals surface area contributed by atoms with Crippen molar-refractivity contribution < 1.29 is 19.1 Å². The molecule has 0 aromatic heterocycles. The van der Waals surface area contributed by atoms with Crippen LogP contribution in [0.2, 0.25) is 5.02 Å². The number of hydrogen-bond acceptors (Lipinski definition) is 5. The summed E-state index contributed by atoms with van der Waals surface area (Å²) in [5, 5.41) is 0.232. The van der Waals surface area contributed by atoms with Crippen molar-refractivity contribution in [1.29, 1.82) is 0 Å². The van der Waals surface area contributed by atoms with E-state index in [4.69, 9.17) is 16.3 Å². The molecule has 2 aromatic rings. The van der Waals surface area contributed by atoms with Crippen molar-refractivity contribution in [2.75, 3.05) is 6.61 Å². The Kier molecular flexibility index (Phi) is 5.56. The smallest absolute Gasteiger partial charge is 0.200 e. The third-order valence-electron chi connectivity index (χ3n) is 3.83. The third kappa shape index (κ3) is 4.71. The van der Waals surface area contributed by atoms with E-state index < -0.39 is 0 Å². The molecule has 1 fully saturated rings. The Morgan fingerprint density at radius 2 is 1.76 bits per heavy atom. The van der Waals surface area contributed by atoms with Crippen molar-refractivity contribution >= 4 is 40.0 Å². The lowest BCUT2D eigenvalue weighted by Gasteiger charge is -2.09. The molecule has 0 radical (unpaired) electrons. The van der Waals surface area contributed by atoms with Gasteiger partial charge in [0.2, 0.25) is 0 Å². The number of benzene rings is 2. The number of hydrogen-bond donors (Lipinski definition) is 0. The first-order valence-corrected chi connectivity index (χ1v) is 9.00. The van der Waals surface area contributed by atoms with E-state index in [0.29, 0.717) is 22.8 Å². The predicted molar refractivity (Wildman–Crippen MR) is 97.4 cm³/mol.